The number of azide groups is 1. The van der Waals surface area contributed by atoms with Gasteiger partial charge in [-0.25, -0.2) is 0 Å². The van der Waals surface area contributed by atoms with E-state index in [0.29, 0.717) is 13.2 Å². The molecule has 8 heteroatoms. The van der Waals surface area contributed by atoms with Gasteiger partial charge in [0.2, 0.25) is 0 Å². The third-order valence-electron chi connectivity index (χ3n) is 5.78. The van der Waals surface area contributed by atoms with Gasteiger partial charge in [0.1, 0.15) is 24.4 Å². The number of ether oxygens (including phenoxy) is 4. The van der Waals surface area contributed by atoms with E-state index in [1.165, 1.54) is 0 Å². The van der Waals surface area contributed by atoms with Gasteiger partial charge in [-0.15, -0.1) is 0 Å². The first-order valence-electron chi connectivity index (χ1n) is 11.5. The van der Waals surface area contributed by atoms with Crippen LogP contribution < -0.4 is 0 Å². The lowest BCUT2D eigenvalue weighted by Gasteiger charge is -2.43. The van der Waals surface area contributed by atoms with E-state index in [1.54, 1.807) is 0 Å². The number of aliphatic hydroxyl groups is 1. The average Bonchev–Trinajstić information content (AvgIpc) is 2.90. The monoisotopic (exact) mass is 475 g/mol. The van der Waals surface area contributed by atoms with Crippen molar-refractivity contribution in [2.24, 2.45) is 5.11 Å². The van der Waals surface area contributed by atoms with E-state index in [2.05, 4.69) is 10.0 Å². The lowest BCUT2D eigenvalue weighted by Crippen LogP contribution is -2.59. The predicted octanol–water partition coefficient (Wildman–Crippen LogP) is 4.77. The molecular formula is C27H29N3O5. The topological polar surface area (TPSA) is 106 Å². The molecule has 0 amide bonds. The fraction of sp³-hybridized carbons (Fsp3) is 0.333. The number of rotatable bonds is 11. The number of nitrogens with zero attached hydrogens (tertiary/aromatic N) is 3. The van der Waals surface area contributed by atoms with Crippen LogP contribution in [-0.4, -0.2) is 42.4 Å². The molecule has 0 bridgehead atoms. The summed E-state index contributed by atoms with van der Waals surface area (Å²) in [5.74, 6) is 0. The Kier molecular flexibility index (Phi) is 9.25. The third kappa shape index (κ3) is 7.13. The summed E-state index contributed by atoms with van der Waals surface area (Å²) >= 11 is 0. The van der Waals surface area contributed by atoms with E-state index in [0.717, 1.165) is 16.7 Å². The Bertz CT molecular complexity index is 1060. The predicted molar refractivity (Wildman–Crippen MR) is 130 cm³/mol. The Balaban J connectivity index is 1.52. The molecule has 0 unspecified atom stereocenters. The summed E-state index contributed by atoms with van der Waals surface area (Å²) in [6, 6.07) is 28.2. The van der Waals surface area contributed by atoms with Crippen molar-refractivity contribution in [3.8, 4) is 0 Å². The van der Waals surface area contributed by atoms with Crippen molar-refractivity contribution in [1.82, 2.24) is 0 Å². The number of hydrogen-bond donors (Lipinski definition) is 1. The van der Waals surface area contributed by atoms with Crippen LogP contribution in [0.15, 0.2) is 96.1 Å². The molecule has 4 rings (SSSR count). The molecule has 8 nitrogen and oxygen atoms in total. The summed E-state index contributed by atoms with van der Waals surface area (Å²) in [5, 5.41) is 14.5. The molecule has 0 radical (unpaired) electrons. The Morgan fingerprint density at radius 1 is 0.743 bits per heavy atom. The largest absolute Gasteiger partial charge is 0.374 e. The Morgan fingerprint density at radius 2 is 1.23 bits per heavy atom. The normalized spacial score (nSPS) is 24.0. The molecule has 5 atom stereocenters. The van der Waals surface area contributed by atoms with Gasteiger partial charge in [-0.1, -0.05) is 96.1 Å². The molecule has 1 aliphatic rings. The first kappa shape index (κ1) is 24.9. The first-order chi connectivity index (χ1) is 17.2. The molecule has 0 spiro atoms. The van der Waals surface area contributed by atoms with Crippen molar-refractivity contribution in [1.29, 1.82) is 0 Å². The fourth-order valence-electron chi connectivity index (χ4n) is 4.02. The molecule has 35 heavy (non-hydrogen) atoms. The molecule has 0 aromatic heterocycles. The Labute approximate surface area is 204 Å². The average molecular weight is 476 g/mol. The molecule has 1 heterocycles. The van der Waals surface area contributed by atoms with Crippen LogP contribution in [0, 0.1) is 0 Å². The minimum atomic E-state index is -1.35. The van der Waals surface area contributed by atoms with Crippen molar-refractivity contribution < 1.29 is 24.1 Å². The van der Waals surface area contributed by atoms with Gasteiger partial charge in [0.15, 0.2) is 6.29 Å². The fourth-order valence-corrected chi connectivity index (χ4v) is 4.02. The van der Waals surface area contributed by atoms with Crippen molar-refractivity contribution >= 4 is 0 Å². The van der Waals surface area contributed by atoms with Crippen molar-refractivity contribution in [2.45, 2.75) is 50.5 Å². The molecule has 1 aliphatic heterocycles. The number of hydrogen-bond acceptors (Lipinski definition) is 6. The summed E-state index contributed by atoms with van der Waals surface area (Å²) in [4.78, 5) is 2.91. The second kappa shape index (κ2) is 13.0. The zero-order valence-electron chi connectivity index (χ0n) is 19.3. The number of benzene rings is 3. The standard InChI is InChI=1S/C27H29N3O5/c28-30-29-24-26(34-18-22-14-8-3-9-15-22)25(33-17-21-12-6-2-7-13-21)23(35-27(24)31)19-32-16-20-10-4-1-5-11-20/h1-15,23-27,31H,16-19H2/t23-,24+,25-,26-,27+/m1/s1. The van der Waals surface area contributed by atoms with E-state index in [1.807, 2.05) is 91.0 Å². The number of aliphatic hydroxyl groups excluding tert-OH is 1. The summed E-state index contributed by atoms with van der Waals surface area (Å²) in [6.45, 7) is 1.11. The van der Waals surface area contributed by atoms with Gasteiger partial charge in [-0.3, -0.25) is 0 Å². The van der Waals surface area contributed by atoms with Gasteiger partial charge < -0.3 is 24.1 Å². The van der Waals surface area contributed by atoms with Gasteiger partial charge in [0, 0.05) is 4.91 Å². The van der Waals surface area contributed by atoms with E-state index in [9.17, 15) is 5.11 Å². The summed E-state index contributed by atoms with van der Waals surface area (Å²) in [5.41, 5.74) is 12.1. The maximum atomic E-state index is 10.7. The van der Waals surface area contributed by atoms with Gasteiger partial charge in [0.05, 0.1) is 26.4 Å². The van der Waals surface area contributed by atoms with Crippen LogP contribution in [0.5, 0.6) is 0 Å². The molecule has 1 saturated heterocycles. The van der Waals surface area contributed by atoms with Gasteiger partial charge in [0.25, 0.3) is 0 Å². The molecule has 1 N–H and O–H groups in total. The maximum absolute atomic E-state index is 10.7. The molecular weight excluding hydrogens is 446 g/mol. The van der Waals surface area contributed by atoms with E-state index in [4.69, 9.17) is 24.5 Å². The highest BCUT2D eigenvalue weighted by molar-refractivity contribution is 5.15. The quantitative estimate of drug-likeness (QED) is 0.244. The first-order valence-corrected chi connectivity index (χ1v) is 11.5. The van der Waals surface area contributed by atoms with Crippen molar-refractivity contribution in [2.75, 3.05) is 6.61 Å². The van der Waals surface area contributed by atoms with Crippen LogP contribution in [0.3, 0.4) is 0 Å². The van der Waals surface area contributed by atoms with Crippen LogP contribution in [0.25, 0.3) is 10.4 Å². The van der Waals surface area contributed by atoms with Crippen LogP contribution >= 0.6 is 0 Å². The van der Waals surface area contributed by atoms with Crippen LogP contribution in [-0.2, 0) is 38.8 Å². The Morgan fingerprint density at radius 3 is 1.74 bits per heavy atom. The van der Waals surface area contributed by atoms with Gasteiger partial charge >= 0.3 is 0 Å². The van der Waals surface area contributed by atoms with E-state index < -0.39 is 30.6 Å². The minimum absolute atomic E-state index is 0.166. The lowest BCUT2D eigenvalue weighted by atomic mass is 9.96. The smallest absolute Gasteiger partial charge is 0.166 e. The maximum Gasteiger partial charge on any atom is 0.166 e. The summed E-state index contributed by atoms with van der Waals surface area (Å²) in [7, 11) is 0. The molecule has 0 aliphatic carbocycles. The van der Waals surface area contributed by atoms with Gasteiger partial charge in [-0.05, 0) is 22.2 Å². The van der Waals surface area contributed by atoms with E-state index >= 15 is 0 Å². The van der Waals surface area contributed by atoms with Gasteiger partial charge in [-0.2, -0.15) is 0 Å². The molecule has 1 fully saturated rings. The SMILES string of the molecule is [N-]=[N+]=N[C@H]1[C@@H](OCc2ccccc2)[C@H](OCc2ccccc2)[C@@H](COCc2ccccc2)O[C@@H]1O. The minimum Gasteiger partial charge on any atom is -0.374 e. The van der Waals surface area contributed by atoms with Crippen molar-refractivity contribution in [3.05, 3.63) is 118 Å². The second-order valence-corrected chi connectivity index (χ2v) is 8.28. The molecule has 0 saturated carbocycles. The highest BCUT2D eigenvalue weighted by Gasteiger charge is 2.46. The zero-order chi connectivity index (χ0) is 24.3. The zero-order valence-corrected chi connectivity index (χ0v) is 19.3. The summed E-state index contributed by atoms with van der Waals surface area (Å²) < 4.78 is 24.3. The highest BCUT2D eigenvalue weighted by Crippen LogP contribution is 2.29. The molecule has 3 aromatic carbocycles. The Hall–Kier alpha value is -3.23. The summed E-state index contributed by atoms with van der Waals surface area (Å²) in [6.07, 6.45) is -3.38. The lowest BCUT2D eigenvalue weighted by molar-refractivity contribution is -0.273. The molecule has 3 aromatic rings. The van der Waals surface area contributed by atoms with Crippen molar-refractivity contribution in [3.63, 3.8) is 0 Å². The third-order valence-corrected chi connectivity index (χ3v) is 5.78. The second-order valence-electron chi connectivity index (χ2n) is 8.28. The van der Waals surface area contributed by atoms with Crippen LogP contribution in [0.1, 0.15) is 16.7 Å². The molecule has 182 valence electrons. The van der Waals surface area contributed by atoms with Crippen LogP contribution in [0.4, 0.5) is 0 Å². The van der Waals surface area contributed by atoms with Crippen LogP contribution in [0.2, 0.25) is 0 Å². The van der Waals surface area contributed by atoms with E-state index in [-0.39, 0.29) is 13.2 Å². The highest BCUT2D eigenvalue weighted by atomic mass is 16.7.